The number of thiophene rings is 1. The molecule has 20 heavy (non-hydrogen) atoms. The van der Waals surface area contributed by atoms with E-state index in [0.29, 0.717) is 25.2 Å². The fraction of sp³-hybridized carbons (Fsp3) is 0.583. The molecule has 1 aromatic heterocycles. The summed E-state index contributed by atoms with van der Waals surface area (Å²) in [5, 5.41) is 9.03. The van der Waals surface area contributed by atoms with Crippen molar-refractivity contribution >= 4 is 27.3 Å². The average molecular weight is 318 g/mol. The summed E-state index contributed by atoms with van der Waals surface area (Å²) in [7, 11) is -1.63. The molecule has 1 saturated heterocycles. The molecule has 2 heterocycles. The number of aryl methyl sites for hydroxylation is 1. The molecule has 0 radical (unpaired) electrons. The summed E-state index contributed by atoms with van der Waals surface area (Å²) in [5.74, 6) is -1.08. The third-order valence-corrected chi connectivity index (χ3v) is 7.15. The highest BCUT2D eigenvalue weighted by Crippen LogP contribution is 2.29. The molecule has 8 heteroatoms. The summed E-state index contributed by atoms with van der Waals surface area (Å²) in [5.41, 5.74) is 0.489. The molecule has 0 amide bonds. The lowest BCUT2D eigenvalue weighted by Crippen LogP contribution is -2.51. The Morgan fingerprint density at radius 3 is 2.60 bits per heavy atom. The van der Waals surface area contributed by atoms with Crippen molar-refractivity contribution < 1.29 is 18.3 Å². The molecule has 2 rings (SSSR count). The number of carbonyl (C=O) groups is 1. The van der Waals surface area contributed by atoms with Crippen molar-refractivity contribution in [2.24, 2.45) is 0 Å². The van der Waals surface area contributed by atoms with Gasteiger partial charge in [-0.2, -0.15) is 4.31 Å². The summed E-state index contributed by atoms with van der Waals surface area (Å²) < 4.78 is 26.7. The number of carboxylic acids is 1. The molecule has 0 saturated carbocycles. The Bertz CT molecular complexity index is 623. The smallest absolute Gasteiger partial charge is 0.346 e. The number of aromatic carboxylic acids is 1. The predicted molar refractivity (Wildman–Crippen MR) is 76.9 cm³/mol. The topological polar surface area (TPSA) is 77.9 Å². The van der Waals surface area contributed by atoms with Gasteiger partial charge in [-0.3, -0.25) is 0 Å². The van der Waals surface area contributed by atoms with E-state index in [1.54, 1.807) is 6.92 Å². The maximum absolute atomic E-state index is 12.6. The molecule has 1 atom stereocenters. The first-order chi connectivity index (χ1) is 9.23. The van der Waals surface area contributed by atoms with Crippen molar-refractivity contribution in [3.05, 3.63) is 16.5 Å². The van der Waals surface area contributed by atoms with Crippen molar-refractivity contribution in [2.75, 3.05) is 26.7 Å². The third-order valence-electron chi connectivity index (χ3n) is 3.61. The summed E-state index contributed by atoms with van der Waals surface area (Å²) in [4.78, 5) is 13.2. The maximum atomic E-state index is 12.6. The van der Waals surface area contributed by atoms with Crippen LogP contribution in [0, 0.1) is 6.92 Å². The van der Waals surface area contributed by atoms with E-state index in [9.17, 15) is 13.2 Å². The first-order valence-electron chi connectivity index (χ1n) is 6.27. The molecule has 112 valence electrons. The second-order valence-electron chi connectivity index (χ2n) is 5.08. The lowest BCUT2D eigenvalue weighted by atomic mass is 10.2. The van der Waals surface area contributed by atoms with E-state index in [-0.39, 0.29) is 15.1 Å². The molecule has 1 aliphatic rings. The Morgan fingerprint density at radius 1 is 1.45 bits per heavy atom. The molecular formula is C12H18N2O4S2. The lowest BCUT2D eigenvalue weighted by molar-refractivity contribution is 0.0701. The van der Waals surface area contributed by atoms with E-state index < -0.39 is 16.0 Å². The fourth-order valence-electron chi connectivity index (χ4n) is 2.15. The van der Waals surface area contributed by atoms with Crippen LogP contribution in [0.5, 0.6) is 0 Å². The number of carboxylic acid groups (broad SMARTS) is 1. The van der Waals surface area contributed by atoms with Crippen LogP contribution < -0.4 is 0 Å². The SMILES string of the molecule is Cc1cc(S(=O)(=O)N2CCN(C)C(C)C2)sc1C(=O)O. The minimum absolute atomic E-state index is 0.0887. The van der Waals surface area contributed by atoms with Crippen LogP contribution in [0.1, 0.15) is 22.2 Å². The summed E-state index contributed by atoms with van der Waals surface area (Å²) in [6, 6.07) is 1.60. The van der Waals surface area contributed by atoms with Crippen molar-refractivity contribution in [3.63, 3.8) is 0 Å². The van der Waals surface area contributed by atoms with E-state index in [1.165, 1.54) is 10.4 Å². The second-order valence-corrected chi connectivity index (χ2v) is 8.29. The van der Waals surface area contributed by atoms with E-state index in [0.717, 1.165) is 11.3 Å². The summed E-state index contributed by atoms with van der Waals surface area (Å²) in [6.45, 7) is 5.13. The van der Waals surface area contributed by atoms with Crippen LogP contribution in [0.3, 0.4) is 0 Å². The molecule has 1 aliphatic heterocycles. The Morgan fingerprint density at radius 2 is 2.10 bits per heavy atom. The van der Waals surface area contributed by atoms with E-state index in [1.807, 2.05) is 14.0 Å². The van der Waals surface area contributed by atoms with Crippen LogP contribution in [-0.2, 0) is 10.0 Å². The van der Waals surface area contributed by atoms with Crippen molar-refractivity contribution in [2.45, 2.75) is 24.1 Å². The van der Waals surface area contributed by atoms with Crippen LogP contribution in [0.2, 0.25) is 0 Å². The first kappa shape index (κ1) is 15.4. The van der Waals surface area contributed by atoms with Gasteiger partial charge in [-0.15, -0.1) is 11.3 Å². The molecule has 0 spiro atoms. The highest BCUT2D eigenvalue weighted by molar-refractivity contribution is 7.91. The van der Waals surface area contributed by atoms with Gasteiger partial charge in [-0.25, -0.2) is 13.2 Å². The average Bonchev–Trinajstić information content (AvgIpc) is 2.75. The molecule has 6 nitrogen and oxygen atoms in total. The van der Waals surface area contributed by atoms with Gasteiger partial charge in [-0.1, -0.05) is 0 Å². The van der Waals surface area contributed by atoms with Crippen LogP contribution >= 0.6 is 11.3 Å². The molecule has 1 N–H and O–H groups in total. The van der Waals surface area contributed by atoms with Crippen molar-refractivity contribution in [1.82, 2.24) is 9.21 Å². The van der Waals surface area contributed by atoms with Crippen molar-refractivity contribution in [1.29, 1.82) is 0 Å². The minimum atomic E-state index is -3.59. The normalized spacial score (nSPS) is 22.1. The van der Waals surface area contributed by atoms with Crippen LogP contribution in [0.15, 0.2) is 10.3 Å². The first-order valence-corrected chi connectivity index (χ1v) is 8.53. The molecule has 1 unspecified atom stereocenters. The van der Waals surface area contributed by atoms with Gasteiger partial charge >= 0.3 is 5.97 Å². The second kappa shape index (κ2) is 5.44. The van der Waals surface area contributed by atoms with Crippen molar-refractivity contribution in [3.8, 4) is 0 Å². The maximum Gasteiger partial charge on any atom is 0.346 e. The van der Waals surface area contributed by atoms with Crippen LogP contribution in [0.25, 0.3) is 0 Å². The molecule has 0 bridgehead atoms. The summed E-state index contributed by atoms with van der Waals surface area (Å²) in [6.07, 6.45) is 0. The highest BCUT2D eigenvalue weighted by Gasteiger charge is 2.32. The Labute approximate surface area is 122 Å². The largest absolute Gasteiger partial charge is 0.477 e. The Hall–Kier alpha value is -0.960. The number of sulfonamides is 1. The van der Waals surface area contributed by atoms with Gasteiger partial charge in [0.1, 0.15) is 9.09 Å². The number of nitrogens with zero attached hydrogens (tertiary/aromatic N) is 2. The number of hydrogen-bond acceptors (Lipinski definition) is 5. The summed E-state index contributed by atoms with van der Waals surface area (Å²) >= 11 is 0.827. The Balaban J connectivity index is 2.31. The van der Waals surface area contributed by atoms with E-state index in [4.69, 9.17) is 5.11 Å². The monoisotopic (exact) mass is 318 g/mol. The molecule has 1 fully saturated rings. The number of hydrogen-bond donors (Lipinski definition) is 1. The van der Waals surface area contributed by atoms with E-state index >= 15 is 0 Å². The zero-order valence-corrected chi connectivity index (χ0v) is 13.3. The predicted octanol–water partition coefficient (Wildman–Crippen LogP) is 1.08. The minimum Gasteiger partial charge on any atom is -0.477 e. The number of rotatable bonds is 3. The van der Waals surface area contributed by atoms with E-state index in [2.05, 4.69) is 4.90 Å². The zero-order chi connectivity index (χ0) is 15.1. The zero-order valence-electron chi connectivity index (χ0n) is 11.7. The quantitative estimate of drug-likeness (QED) is 0.902. The van der Waals surface area contributed by atoms with Gasteiger partial charge in [0.2, 0.25) is 0 Å². The standard InChI is InChI=1S/C12H18N2O4S2/c1-8-6-10(19-11(8)12(15)16)20(17,18)14-5-4-13(3)9(2)7-14/h6,9H,4-5,7H2,1-3H3,(H,15,16). The molecular weight excluding hydrogens is 300 g/mol. The fourth-order valence-corrected chi connectivity index (χ4v) is 5.20. The third kappa shape index (κ3) is 2.73. The van der Waals surface area contributed by atoms with Gasteiger partial charge in [0.05, 0.1) is 0 Å². The lowest BCUT2D eigenvalue weighted by Gasteiger charge is -2.36. The van der Waals surface area contributed by atoms with Gasteiger partial charge in [0.25, 0.3) is 10.0 Å². The van der Waals surface area contributed by atoms with Gasteiger partial charge in [0, 0.05) is 25.7 Å². The van der Waals surface area contributed by atoms with Gasteiger partial charge in [-0.05, 0) is 32.5 Å². The molecule has 1 aromatic rings. The van der Waals surface area contributed by atoms with Crippen LogP contribution in [0.4, 0.5) is 0 Å². The van der Waals surface area contributed by atoms with Gasteiger partial charge in [0.15, 0.2) is 0 Å². The molecule has 0 aromatic carbocycles. The number of likely N-dealkylation sites (N-methyl/N-ethyl adjacent to an activating group) is 1. The highest BCUT2D eigenvalue weighted by atomic mass is 32.2. The molecule has 0 aliphatic carbocycles. The Kier molecular flexibility index (Phi) is 4.19. The van der Waals surface area contributed by atoms with Crippen LogP contribution in [-0.4, -0.2) is 61.4 Å². The van der Waals surface area contributed by atoms with Gasteiger partial charge < -0.3 is 10.0 Å². The number of piperazine rings is 1.